The molecule has 1 saturated heterocycles. The Kier molecular flexibility index (Phi) is 2.93. The largest absolute Gasteiger partial charge is 0.314 e. The Morgan fingerprint density at radius 1 is 1.07 bits per heavy atom. The van der Waals surface area contributed by atoms with Crippen LogP contribution in [0.15, 0.2) is 12.1 Å². The summed E-state index contributed by atoms with van der Waals surface area (Å²) < 4.78 is 39.0. The normalized spacial score (nSPS) is 21.7. The lowest BCUT2D eigenvalue weighted by molar-refractivity contribution is 0.393. The fourth-order valence-electron chi connectivity index (χ4n) is 1.68. The molecule has 1 aromatic carbocycles. The predicted octanol–water partition coefficient (Wildman–Crippen LogP) is 1.34. The first-order valence-corrected chi connectivity index (χ1v) is 4.77. The van der Waals surface area contributed by atoms with Crippen molar-refractivity contribution < 1.29 is 13.2 Å². The zero-order valence-electron chi connectivity index (χ0n) is 7.99. The molecule has 0 amide bonds. The zero-order chi connectivity index (χ0) is 10.8. The van der Waals surface area contributed by atoms with E-state index in [1.54, 1.807) is 0 Å². The molecule has 82 valence electrons. The van der Waals surface area contributed by atoms with E-state index in [2.05, 4.69) is 10.6 Å². The summed E-state index contributed by atoms with van der Waals surface area (Å²) in [4.78, 5) is 0. The van der Waals surface area contributed by atoms with Crippen LogP contribution in [0, 0.1) is 17.5 Å². The first-order chi connectivity index (χ1) is 7.20. The number of nitrogens with one attached hydrogen (secondary N) is 2. The van der Waals surface area contributed by atoms with Gasteiger partial charge in [0.15, 0.2) is 17.5 Å². The van der Waals surface area contributed by atoms with Crippen LogP contribution in [0.3, 0.4) is 0 Å². The number of benzene rings is 1. The van der Waals surface area contributed by atoms with Crippen molar-refractivity contribution in [2.24, 2.45) is 0 Å². The quantitative estimate of drug-likeness (QED) is 0.692. The van der Waals surface area contributed by atoms with E-state index in [1.807, 2.05) is 0 Å². The van der Waals surface area contributed by atoms with Crippen LogP contribution >= 0.6 is 0 Å². The monoisotopic (exact) mass is 216 g/mol. The van der Waals surface area contributed by atoms with Crippen LogP contribution in [0.2, 0.25) is 0 Å². The molecule has 1 aromatic rings. The SMILES string of the molecule is Fc1ccc([C@@H]2CNCCN2)c(F)c1F. The van der Waals surface area contributed by atoms with Crippen molar-refractivity contribution in [1.29, 1.82) is 0 Å². The van der Waals surface area contributed by atoms with E-state index in [0.717, 1.165) is 12.6 Å². The van der Waals surface area contributed by atoms with Crippen LogP contribution in [0.25, 0.3) is 0 Å². The summed E-state index contributed by atoms with van der Waals surface area (Å²) in [6.07, 6.45) is 0. The van der Waals surface area contributed by atoms with E-state index in [9.17, 15) is 13.2 Å². The molecule has 2 nitrogen and oxygen atoms in total. The van der Waals surface area contributed by atoms with Crippen molar-refractivity contribution in [3.63, 3.8) is 0 Å². The summed E-state index contributed by atoms with van der Waals surface area (Å²) in [7, 11) is 0. The standard InChI is InChI=1S/C10H11F3N2/c11-7-2-1-6(9(12)10(7)13)8-5-14-3-4-15-8/h1-2,8,14-15H,3-5H2/t8-/m0/s1. The molecule has 2 N–H and O–H groups in total. The smallest absolute Gasteiger partial charge is 0.194 e. The van der Waals surface area contributed by atoms with E-state index in [-0.39, 0.29) is 11.6 Å². The highest BCUT2D eigenvalue weighted by molar-refractivity contribution is 5.24. The fraction of sp³-hybridized carbons (Fsp3) is 0.400. The minimum atomic E-state index is -1.40. The molecule has 5 heteroatoms. The summed E-state index contributed by atoms with van der Waals surface area (Å²) in [5, 5.41) is 6.08. The van der Waals surface area contributed by atoms with Gasteiger partial charge in [-0.2, -0.15) is 0 Å². The molecular formula is C10H11F3N2. The second-order valence-electron chi connectivity index (χ2n) is 3.48. The van der Waals surface area contributed by atoms with Crippen LogP contribution < -0.4 is 10.6 Å². The molecule has 0 aliphatic carbocycles. The van der Waals surface area contributed by atoms with Crippen LogP contribution in [0.5, 0.6) is 0 Å². The molecule has 1 heterocycles. The molecule has 0 unspecified atom stereocenters. The Morgan fingerprint density at radius 3 is 2.53 bits per heavy atom. The fourth-order valence-corrected chi connectivity index (χ4v) is 1.68. The molecular weight excluding hydrogens is 205 g/mol. The van der Waals surface area contributed by atoms with E-state index in [1.165, 1.54) is 6.07 Å². The predicted molar refractivity (Wildman–Crippen MR) is 49.9 cm³/mol. The highest BCUT2D eigenvalue weighted by Gasteiger charge is 2.21. The maximum atomic E-state index is 13.4. The van der Waals surface area contributed by atoms with Gasteiger partial charge >= 0.3 is 0 Å². The summed E-state index contributed by atoms with van der Waals surface area (Å²) in [6, 6.07) is 1.93. The van der Waals surface area contributed by atoms with Crippen molar-refractivity contribution >= 4 is 0 Å². The molecule has 2 rings (SSSR count). The average Bonchev–Trinajstić information content (AvgIpc) is 2.27. The van der Waals surface area contributed by atoms with E-state index in [0.29, 0.717) is 13.1 Å². The number of hydrogen-bond donors (Lipinski definition) is 2. The summed E-state index contributed by atoms with van der Waals surface area (Å²) in [5.41, 5.74) is 0.168. The second kappa shape index (κ2) is 4.20. The van der Waals surface area contributed by atoms with Gasteiger partial charge in [0.1, 0.15) is 0 Å². The molecule has 0 radical (unpaired) electrons. The van der Waals surface area contributed by atoms with E-state index < -0.39 is 17.5 Å². The Labute approximate surface area is 85.5 Å². The first-order valence-electron chi connectivity index (χ1n) is 4.77. The molecule has 1 aliphatic heterocycles. The van der Waals surface area contributed by atoms with Gasteiger partial charge in [-0.25, -0.2) is 13.2 Å². The minimum absolute atomic E-state index is 0.168. The summed E-state index contributed by atoms with van der Waals surface area (Å²) >= 11 is 0. The summed E-state index contributed by atoms with van der Waals surface area (Å²) in [5.74, 6) is -3.66. The molecule has 1 fully saturated rings. The van der Waals surface area contributed by atoms with Gasteiger partial charge in [-0.1, -0.05) is 6.07 Å². The molecule has 0 spiro atoms. The lowest BCUT2D eigenvalue weighted by Gasteiger charge is -2.25. The summed E-state index contributed by atoms with van der Waals surface area (Å²) in [6.45, 7) is 1.99. The van der Waals surface area contributed by atoms with Gasteiger partial charge in [-0.3, -0.25) is 0 Å². The molecule has 0 aromatic heterocycles. The Balaban J connectivity index is 2.31. The maximum absolute atomic E-state index is 13.4. The van der Waals surface area contributed by atoms with Gasteiger partial charge in [-0.05, 0) is 6.07 Å². The van der Waals surface area contributed by atoms with Gasteiger partial charge < -0.3 is 10.6 Å². The first kappa shape index (κ1) is 10.4. The average molecular weight is 216 g/mol. The highest BCUT2D eigenvalue weighted by Crippen LogP contribution is 2.21. The molecule has 0 saturated carbocycles. The molecule has 1 aliphatic rings. The second-order valence-corrected chi connectivity index (χ2v) is 3.48. The number of halogens is 3. The van der Waals surface area contributed by atoms with Gasteiger partial charge in [0.05, 0.1) is 0 Å². The van der Waals surface area contributed by atoms with Crippen LogP contribution in [0.1, 0.15) is 11.6 Å². The van der Waals surface area contributed by atoms with Gasteiger partial charge in [0.25, 0.3) is 0 Å². The van der Waals surface area contributed by atoms with Crippen LogP contribution in [-0.2, 0) is 0 Å². The lowest BCUT2D eigenvalue weighted by Crippen LogP contribution is -2.43. The highest BCUT2D eigenvalue weighted by atomic mass is 19.2. The Bertz CT molecular complexity index is 362. The van der Waals surface area contributed by atoms with Crippen molar-refractivity contribution in [2.45, 2.75) is 6.04 Å². The third kappa shape index (κ3) is 1.98. The number of piperazine rings is 1. The van der Waals surface area contributed by atoms with E-state index in [4.69, 9.17) is 0 Å². The van der Waals surface area contributed by atoms with Crippen molar-refractivity contribution in [3.05, 3.63) is 35.1 Å². The van der Waals surface area contributed by atoms with Crippen molar-refractivity contribution in [3.8, 4) is 0 Å². The Hall–Kier alpha value is -1.07. The maximum Gasteiger partial charge on any atom is 0.194 e. The molecule has 1 atom stereocenters. The number of hydrogen-bond acceptors (Lipinski definition) is 2. The molecule has 15 heavy (non-hydrogen) atoms. The third-order valence-corrected chi connectivity index (χ3v) is 2.48. The third-order valence-electron chi connectivity index (χ3n) is 2.48. The van der Waals surface area contributed by atoms with Gasteiger partial charge in [-0.15, -0.1) is 0 Å². The van der Waals surface area contributed by atoms with Gasteiger partial charge in [0, 0.05) is 31.2 Å². The van der Waals surface area contributed by atoms with Crippen molar-refractivity contribution in [2.75, 3.05) is 19.6 Å². The zero-order valence-corrected chi connectivity index (χ0v) is 7.99. The minimum Gasteiger partial charge on any atom is -0.314 e. The lowest BCUT2D eigenvalue weighted by atomic mass is 10.0. The van der Waals surface area contributed by atoms with Crippen LogP contribution in [-0.4, -0.2) is 19.6 Å². The number of rotatable bonds is 1. The van der Waals surface area contributed by atoms with E-state index >= 15 is 0 Å². The topological polar surface area (TPSA) is 24.1 Å². The van der Waals surface area contributed by atoms with Crippen molar-refractivity contribution in [1.82, 2.24) is 10.6 Å². The van der Waals surface area contributed by atoms with Gasteiger partial charge in [0.2, 0.25) is 0 Å². The molecule has 0 bridgehead atoms. The Morgan fingerprint density at radius 2 is 1.87 bits per heavy atom. The van der Waals surface area contributed by atoms with Crippen LogP contribution in [0.4, 0.5) is 13.2 Å².